The fourth-order valence-corrected chi connectivity index (χ4v) is 6.51. The number of unbranched alkanes of at least 4 members (excludes halogenated alkanes) is 6. The standard InChI is InChI=1S/C39H52N2O4/c1-6-7-13-22-40-35(42)14-11-9-8-10-12-15-36(43)41-34-25-29(27-16-18-28(19-17-27)37(44)45)23-30-24-32-33(26-31(30)34)39(4,5)21-20-38(32,2)3/h16-19,23-26H,6-15,20-22H2,1-5H3,(H,40,42)(H,41,43)(H,44,45). The average molecular weight is 613 g/mol. The minimum absolute atomic E-state index is 0.00144. The van der Waals surface area contributed by atoms with E-state index in [4.69, 9.17) is 0 Å². The third-order valence-corrected chi connectivity index (χ3v) is 9.57. The molecule has 0 heterocycles. The largest absolute Gasteiger partial charge is 0.478 e. The van der Waals surface area contributed by atoms with E-state index >= 15 is 0 Å². The fraction of sp³-hybridized carbons (Fsp3) is 0.513. The van der Waals surface area contributed by atoms with Crippen LogP contribution < -0.4 is 10.6 Å². The molecule has 0 fully saturated rings. The predicted molar refractivity (Wildman–Crippen MR) is 185 cm³/mol. The molecule has 0 saturated carbocycles. The van der Waals surface area contributed by atoms with Crippen LogP contribution in [0, 0.1) is 0 Å². The zero-order valence-electron chi connectivity index (χ0n) is 28.0. The van der Waals surface area contributed by atoms with Gasteiger partial charge in [-0.3, -0.25) is 9.59 Å². The van der Waals surface area contributed by atoms with Crippen LogP contribution in [-0.4, -0.2) is 29.4 Å². The summed E-state index contributed by atoms with van der Waals surface area (Å²) in [6, 6.07) is 15.7. The third kappa shape index (κ3) is 8.96. The lowest BCUT2D eigenvalue weighted by Crippen LogP contribution is -2.33. The molecule has 0 aromatic heterocycles. The zero-order chi connectivity index (χ0) is 32.6. The molecule has 0 radical (unpaired) electrons. The number of aromatic carboxylic acids is 1. The molecule has 6 nitrogen and oxygen atoms in total. The molecule has 0 spiro atoms. The van der Waals surface area contributed by atoms with Gasteiger partial charge in [-0.05, 0) is 101 Å². The van der Waals surface area contributed by atoms with Crippen LogP contribution in [0.1, 0.15) is 133 Å². The highest BCUT2D eigenvalue weighted by molar-refractivity contribution is 6.05. The van der Waals surface area contributed by atoms with E-state index in [9.17, 15) is 19.5 Å². The number of carbonyl (C=O) groups excluding carboxylic acids is 2. The second-order valence-electron chi connectivity index (χ2n) is 14.2. The van der Waals surface area contributed by atoms with Crippen molar-refractivity contribution < 1.29 is 19.5 Å². The van der Waals surface area contributed by atoms with Crippen LogP contribution in [0.2, 0.25) is 0 Å². The van der Waals surface area contributed by atoms with E-state index in [2.05, 4.69) is 63.5 Å². The maximum absolute atomic E-state index is 13.2. The first-order valence-electron chi connectivity index (χ1n) is 16.9. The molecule has 0 bridgehead atoms. The number of rotatable bonds is 15. The summed E-state index contributed by atoms with van der Waals surface area (Å²) in [5.41, 5.74) is 5.69. The minimum Gasteiger partial charge on any atom is -0.478 e. The van der Waals surface area contributed by atoms with E-state index in [0.29, 0.717) is 12.8 Å². The van der Waals surface area contributed by atoms with Gasteiger partial charge in [0, 0.05) is 30.5 Å². The van der Waals surface area contributed by atoms with Crippen molar-refractivity contribution in [1.82, 2.24) is 5.32 Å². The summed E-state index contributed by atoms with van der Waals surface area (Å²) in [6.07, 6.45) is 11.2. The molecule has 0 unspecified atom stereocenters. The van der Waals surface area contributed by atoms with Crippen molar-refractivity contribution in [2.45, 2.75) is 122 Å². The first-order chi connectivity index (χ1) is 21.4. The first kappa shape index (κ1) is 34.2. The monoisotopic (exact) mass is 612 g/mol. The number of hydrogen-bond donors (Lipinski definition) is 3. The molecular formula is C39H52N2O4. The van der Waals surface area contributed by atoms with E-state index in [0.717, 1.165) is 98.3 Å². The number of fused-ring (bicyclic) bond motifs is 2. The number of amides is 2. The number of benzene rings is 3. The van der Waals surface area contributed by atoms with Crippen molar-refractivity contribution in [3.8, 4) is 11.1 Å². The molecule has 0 saturated heterocycles. The molecule has 4 rings (SSSR count). The Morgan fingerprint density at radius 2 is 1.31 bits per heavy atom. The van der Waals surface area contributed by atoms with Gasteiger partial charge in [0.05, 0.1) is 5.56 Å². The Kier molecular flexibility index (Phi) is 11.5. The number of hydrogen-bond acceptors (Lipinski definition) is 3. The maximum atomic E-state index is 13.2. The van der Waals surface area contributed by atoms with Gasteiger partial charge in [-0.1, -0.05) is 84.9 Å². The molecule has 1 aliphatic carbocycles. The summed E-state index contributed by atoms with van der Waals surface area (Å²) in [6.45, 7) is 12.2. The Hall–Kier alpha value is -3.67. The van der Waals surface area contributed by atoms with Gasteiger partial charge in [0.2, 0.25) is 11.8 Å². The van der Waals surface area contributed by atoms with Crippen LogP contribution in [0.4, 0.5) is 5.69 Å². The van der Waals surface area contributed by atoms with E-state index in [1.807, 2.05) is 18.2 Å². The quantitative estimate of drug-likeness (QED) is 0.149. The molecule has 0 aliphatic heterocycles. The number of anilines is 1. The van der Waals surface area contributed by atoms with Crippen LogP contribution in [0.3, 0.4) is 0 Å². The van der Waals surface area contributed by atoms with Crippen molar-refractivity contribution >= 4 is 34.2 Å². The Morgan fingerprint density at radius 3 is 1.93 bits per heavy atom. The summed E-state index contributed by atoms with van der Waals surface area (Å²) in [5, 5.41) is 17.7. The number of nitrogens with one attached hydrogen (secondary N) is 2. The number of carboxylic acids is 1. The minimum atomic E-state index is -0.951. The van der Waals surface area contributed by atoms with Crippen LogP contribution in [0.25, 0.3) is 21.9 Å². The zero-order valence-corrected chi connectivity index (χ0v) is 28.0. The Morgan fingerprint density at radius 1 is 0.711 bits per heavy atom. The topological polar surface area (TPSA) is 95.5 Å². The lowest BCUT2D eigenvalue weighted by Gasteiger charge is -2.42. The third-order valence-electron chi connectivity index (χ3n) is 9.57. The van der Waals surface area contributed by atoms with Crippen LogP contribution in [-0.2, 0) is 20.4 Å². The highest BCUT2D eigenvalue weighted by Gasteiger charge is 2.37. The Bertz CT molecular complexity index is 1500. The normalized spacial score (nSPS) is 15.0. The van der Waals surface area contributed by atoms with Gasteiger partial charge < -0.3 is 15.7 Å². The fourth-order valence-electron chi connectivity index (χ4n) is 6.51. The highest BCUT2D eigenvalue weighted by Crippen LogP contribution is 2.48. The molecule has 242 valence electrons. The van der Waals surface area contributed by atoms with E-state index in [-0.39, 0.29) is 28.2 Å². The average Bonchev–Trinajstić information content (AvgIpc) is 3.00. The first-order valence-corrected chi connectivity index (χ1v) is 16.9. The van der Waals surface area contributed by atoms with Crippen LogP contribution in [0.15, 0.2) is 48.5 Å². The molecule has 45 heavy (non-hydrogen) atoms. The number of carboxylic acid groups (broad SMARTS) is 1. The van der Waals surface area contributed by atoms with E-state index in [1.54, 1.807) is 12.1 Å². The summed E-state index contributed by atoms with van der Waals surface area (Å²) in [4.78, 5) is 36.6. The lowest BCUT2D eigenvalue weighted by atomic mass is 9.62. The predicted octanol–water partition coefficient (Wildman–Crippen LogP) is 9.53. The van der Waals surface area contributed by atoms with Gasteiger partial charge in [-0.25, -0.2) is 4.79 Å². The van der Waals surface area contributed by atoms with Crippen LogP contribution in [0.5, 0.6) is 0 Å². The van der Waals surface area contributed by atoms with E-state index in [1.165, 1.54) is 11.1 Å². The SMILES string of the molecule is CCCCCNC(=O)CCCCCCCC(=O)Nc1cc(-c2ccc(C(=O)O)cc2)cc2cc3c(cc12)C(C)(C)CCC3(C)C. The van der Waals surface area contributed by atoms with Crippen LogP contribution >= 0.6 is 0 Å². The molecule has 6 heteroatoms. The van der Waals surface area contributed by atoms with Gasteiger partial charge in [-0.15, -0.1) is 0 Å². The second-order valence-corrected chi connectivity index (χ2v) is 14.2. The van der Waals surface area contributed by atoms with Gasteiger partial charge in [0.15, 0.2) is 0 Å². The second kappa shape index (κ2) is 15.1. The summed E-state index contributed by atoms with van der Waals surface area (Å²) in [7, 11) is 0. The molecule has 1 aliphatic rings. The smallest absolute Gasteiger partial charge is 0.335 e. The summed E-state index contributed by atoms with van der Waals surface area (Å²) >= 11 is 0. The van der Waals surface area contributed by atoms with E-state index < -0.39 is 5.97 Å². The van der Waals surface area contributed by atoms with Gasteiger partial charge >= 0.3 is 5.97 Å². The van der Waals surface area contributed by atoms with Gasteiger partial charge in [0.1, 0.15) is 0 Å². The molecule has 3 aromatic rings. The van der Waals surface area contributed by atoms with Crippen molar-refractivity contribution in [3.05, 3.63) is 65.2 Å². The molecule has 2 amide bonds. The lowest BCUT2D eigenvalue weighted by molar-refractivity contribution is -0.121. The molecule has 3 N–H and O–H groups in total. The Labute approximate surface area is 269 Å². The molecule has 3 aromatic carbocycles. The maximum Gasteiger partial charge on any atom is 0.335 e. The molecule has 0 atom stereocenters. The Balaban J connectivity index is 1.46. The highest BCUT2D eigenvalue weighted by atomic mass is 16.4. The summed E-state index contributed by atoms with van der Waals surface area (Å²) in [5.74, 6) is -0.808. The van der Waals surface area contributed by atoms with Gasteiger partial charge in [-0.2, -0.15) is 0 Å². The number of carbonyl (C=O) groups is 3. The van der Waals surface area contributed by atoms with Crippen molar-refractivity contribution in [3.63, 3.8) is 0 Å². The summed E-state index contributed by atoms with van der Waals surface area (Å²) < 4.78 is 0. The molecular weight excluding hydrogens is 560 g/mol. The van der Waals surface area contributed by atoms with Gasteiger partial charge in [0.25, 0.3) is 0 Å². The van der Waals surface area contributed by atoms with Crippen molar-refractivity contribution in [2.24, 2.45) is 0 Å². The van der Waals surface area contributed by atoms with Crippen molar-refractivity contribution in [1.29, 1.82) is 0 Å². The van der Waals surface area contributed by atoms with Crippen molar-refractivity contribution in [2.75, 3.05) is 11.9 Å².